The van der Waals surface area contributed by atoms with Crippen molar-refractivity contribution in [1.29, 1.82) is 0 Å². The molecule has 0 atom stereocenters. The fraction of sp³-hybridized carbons (Fsp3) is 0.429. The first-order chi connectivity index (χ1) is 16.7. The van der Waals surface area contributed by atoms with Crippen molar-refractivity contribution in [3.8, 4) is 11.1 Å². The average Bonchev–Trinajstić information content (AvgIpc) is 3.11. The number of anilines is 1. The molecule has 1 amide bonds. The monoisotopic (exact) mass is 477 g/mol. The standard InChI is InChI=1S/C28H32FN3O3/c1-28(2)14-24-26(21-11-5-17(29)13-23(21)32(24)25(33)15-28)16-4-10-20(27(30)34)22(12-16)31-18-6-8-19(35-3)9-7-18/h4-5,10-13,18-19,31H,6-9,14-15H2,1-3H3,(H2,30,34). The second kappa shape index (κ2) is 8.79. The maximum Gasteiger partial charge on any atom is 0.250 e. The third kappa shape index (κ3) is 4.33. The van der Waals surface area contributed by atoms with Crippen LogP contribution in [0.1, 0.15) is 66.8 Å². The van der Waals surface area contributed by atoms with Crippen LogP contribution in [0.4, 0.5) is 10.1 Å². The number of nitrogens with two attached hydrogens (primary N) is 1. The molecule has 2 heterocycles. The van der Waals surface area contributed by atoms with Crippen molar-refractivity contribution in [2.45, 2.75) is 64.5 Å². The van der Waals surface area contributed by atoms with Gasteiger partial charge in [0.2, 0.25) is 5.91 Å². The summed E-state index contributed by atoms with van der Waals surface area (Å²) in [6.07, 6.45) is 5.15. The molecular formula is C28H32FN3O3. The van der Waals surface area contributed by atoms with Crippen LogP contribution in [0.2, 0.25) is 0 Å². The van der Waals surface area contributed by atoms with E-state index in [-0.39, 0.29) is 29.3 Å². The Morgan fingerprint density at radius 3 is 2.54 bits per heavy atom. The van der Waals surface area contributed by atoms with E-state index in [4.69, 9.17) is 10.5 Å². The second-order valence-corrected chi connectivity index (χ2v) is 10.7. The summed E-state index contributed by atoms with van der Waals surface area (Å²) in [6, 6.07) is 10.4. The van der Waals surface area contributed by atoms with Gasteiger partial charge in [-0.15, -0.1) is 0 Å². The largest absolute Gasteiger partial charge is 0.382 e. The third-order valence-corrected chi connectivity index (χ3v) is 7.49. The van der Waals surface area contributed by atoms with Crippen LogP contribution in [-0.4, -0.2) is 35.6 Å². The highest BCUT2D eigenvalue weighted by Gasteiger charge is 2.35. The zero-order valence-electron chi connectivity index (χ0n) is 20.5. The lowest BCUT2D eigenvalue weighted by molar-refractivity contribution is 0.0681. The molecule has 0 radical (unpaired) electrons. The molecule has 184 valence electrons. The molecule has 35 heavy (non-hydrogen) atoms. The highest BCUT2D eigenvalue weighted by Crippen LogP contribution is 2.43. The minimum atomic E-state index is -0.494. The average molecular weight is 478 g/mol. The molecule has 1 saturated carbocycles. The number of nitrogens with zero attached hydrogens (tertiary/aromatic N) is 1. The van der Waals surface area contributed by atoms with Gasteiger partial charge in [0.15, 0.2) is 0 Å². The number of carbonyl (C=O) groups is 2. The van der Waals surface area contributed by atoms with Gasteiger partial charge >= 0.3 is 0 Å². The van der Waals surface area contributed by atoms with Crippen molar-refractivity contribution in [2.24, 2.45) is 11.1 Å². The molecule has 0 bridgehead atoms. The molecule has 7 heteroatoms. The lowest BCUT2D eigenvalue weighted by Gasteiger charge is -2.31. The van der Waals surface area contributed by atoms with Gasteiger partial charge in [0.05, 0.1) is 17.2 Å². The first kappa shape index (κ1) is 23.5. The van der Waals surface area contributed by atoms with Crippen molar-refractivity contribution >= 4 is 28.4 Å². The highest BCUT2D eigenvalue weighted by molar-refractivity contribution is 6.06. The van der Waals surface area contributed by atoms with Gasteiger partial charge in [0.25, 0.3) is 5.91 Å². The van der Waals surface area contributed by atoms with Crippen molar-refractivity contribution < 1.29 is 18.7 Å². The zero-order valence-corrected chi connectivity index (χ0v) is 20.5. The van der Waals surface area contributed by atoms with E-state index in [1.807, 2.05) is 12.1 Å². The van der Waals surface area contributed by atoms with E-state index in [9.17, 15) is 14.0 Å². The number of rotatable bonds is 5. The quantitative estimate of drug-likeness (QED) is 0.506. The van der Waals surface area contributed by atoms with Crippen LogP contribution >= 0.6 is 0 Å². The Hall–Kier alpha value is -3.19. The molecule has 2 aliphatic rings. The number of hydrogen-bond acceptors (Lipinski definition) is 4. The molecule has 6 nitrogen and oxygen atoms in total. The van der Waals surface area contributed by atoms with Gasteiger partial charge in [-0.25, -0.2) is 4.39 Å². The predicted octanol–water partition coefficient (Wildman–Crippen LogP) is 5.53. The number of amides is 1. The number of nitrogens with one attached hydrogen (secondary N) is 1. The molecule has 2 aromatic carbocycles. The summed E-state index contributed by atoms with van der Waals surface area (Å²) in [5.41, 5.74) is 9.87. The summed E-state index contributed by atoms with van der Waals surface area (Å²) in [5, 5.41) is 4.37. The van der Waals surface area contributed by atoms with Gasteiger partial charge in [0, 0.05) is 41.9 Å². The predicted molar refractivity (Wildman–Crippen MR) is 135 cm³/mol. The zero-order chi connectivity index (χ0) is 24.9. The normalized spacial score (nSPS) is 21.7. The van der Waals surface area contributed by atoms with Gasteiger partial charge in [0.1, 0.15) is 5.82 Å². The number of hydrogen-bond donors (Lipinski definition) is 2. The minimum Gasteiger partial charge on any atom is -0.382 e. The number of primary amides is 1. The fourth-order valence-electron chi connectivity index (χ4n) is 5.79. The smallest absolute Gasteiger partial charge is 0.250 e. The van der Waals surface area contributed by atoms with Crippen LogP contribution in [0.25, 0.3) is 22.0 Å². The molecule has 1 aromatic heterocycles. The van der Waals surface area contributed by atoms with Crippen LogP contribution in [0.15, 0.2) is 36.4 Å². The number of ether oxygens (including phenoxy) is 1. The van der Waals surface area contributed by atoms with Gasteiger partial charge in [-0.2, -0.15) is 0 Å². The molecule has 0 unspecified atom stereocenters. The summed E-state index contributed by atoms with van der Waals surface area (Å²) in [6.45, 7) is 4.16. The van der Waals surface area contributed by atoms with Crippen LogP contribution in [0, 0.1) is 11.2 Å². The fourth-order valence-corrected chi connectivity index (χ4v) is 5.79. The van der Waals surface area contributed by atoms with Crippen LogP contribution in [-0.2, 0) is 11.2 Å². The van der Waals surface area contributed by atoms with E-state index in [0.29, 0.717) is 29.6 Å². The summed E-state index contributed by atoms with van der Waals surface area (Å²) < 4.78 is 21.4. The Morgan fingerprint density at radius 2 is 1.86 bits per heavy atom. The first-order valence-corrected chi connectivity index (χ1v) is 12.3. The van der Waals surface area contributed by atoms with Crippen LogP contribution in [0.5, 0.6) is 0 Å². The maximum atomic E-state index is 14.2. The second-order valence-electron chi connectivity index (χ2n) is 10.7. The Balaban J connectivity index is 1.63. The Kier molecular flexibility index (Phi) is 5.91. The molecule has 1 aliphatic heterocycles. The van der Waals surface area contributed by atoms with Gasteiger partial charge in [-0.3, -0.25) is 14.2 Å². The number of carbonyl (C=O) groups excluding carboxylic acids is 2. The molecule has 1 fully saturated rings. The third-order valence-electron chi connectivity index (χ3n) is 7.49. The summed E-state index contributed by atoms with van der Waals surface area (Å²) >= 11 is 0. The van der Waals surface area contributed by atoms with Gasteiger partial charge in [-0.1, -0.05) is 19.9 Å². The number of methoxy groups -OCH3 is 1. The van der Waals surface area contributed by atoms with E-state index in [0.717, 1.165) is 47.9 Å². The Bertz CT molecular complexity index is 1320. The summed E-state index contributed by atoms with van der Waals surface area (Å²) in [4.78, 5) is 25.4. The SMILES string of the molecule is COC1CCC(Nc2cc(-c3c4n(c5cc(F)ccc35)C(=O)CC(C)(C)C4)ccc2C(N)=O)CC1. The van der Waals surface area contributed by atoms with Crippen molar-refractivity contribution in [3.05, 3.63) is 53.5 Å². The van der Waals surface area contributed by atoms with E-state index in [1.54, 1.807) is 23.8 Å². The van der Waals surface area contributed by atoms with Crippen LogP contribution < -0.4 is 11.1 Å². The minimum absolute atomic E-state index is 0.0277. The number of halogens is 1. The van der Waals surface area contributed by atoms with Gasteiger partial charge < -0.3 is 15.8 Å². The van der Waals surface area contributed by atoms with E-state index in [2.05, 4.69) is 19.2 Å². The number of benzene rings is 2. The Morgan fingerprint density at radius 1 is 1.11 bits per heavy atom. The van der Waals surface area contributed by atoms with Gasteiger partial charge in [-0.05, 0) is 73.4 Å². The maximum absolute atomic E-state index is 14.2. The van der Waals surface area contributed by atoms with E-state index in [1.165, 1.54) is 12.1 Å². The highest BCUT2D eigenvalue weighted by atomic mass is 19.1. The molecule has 3 aromatic rings. The first-order valence-electron chi connectivity index (χ1n) is 12.3. The van der Waals surface area contributed by atoms with Crippen molar-refractivity contribution in [2.75, 3.05) is 12.4 Å². The molecule has 5 rings (SSSR count). The molecule has 1 aliphatic carbocycles. The number of fused-ring (bicyclic) bond motifs is 3. The van der Waals surface area contributed by atoms with Crippen LogP contribution in [0.3, 0.4) is 0 Å². The van der Waals surface area contributed by atoms with Crippen molar-refractivity contribution in [3.63, 3.8) is 0 Å². The summed E-state index contributed by atoms with van der Waals surface area (Å²) in [7, 11) is 1.74. The topological polar surface area (TPSA) is 86.3 Å². The van der Waals surface area contributed by atoms with E-state index >= 15 is 0 Å². The molecular weight excluding hydrogens is 445 g/mol. The van der Waals surface area contributed by atoms with Crippen molar-refractivity contribution in [1.82, 2.24) is 4.57 Å². The molecule has 3 N–H and O–H groups in total. The van der Waals surface area contributed by atoms with E-state index < -0.39 is 5.91 Å². The lowest BCUT2D eigenvalue weighted by Crippen LogP contribution is -2.31. The Labute approximate surface area is 204 Å². The number of aromatic nitrogens is 1. The molecule has 0 spiro atoms. The lowest BCUT2D eigenvalue weighted by atomic mass is 9.80. The summed E-state index contributed by atoms with van der Waals surface area (Å²) in [5.74, 6) is -0.896. The molecule has 0 saturated heterocycles.